The Kier molecular flexibility index (Phi) is 2.28. The lowest BCUT2D eigenvalue weighted by atomic mass is 9.97. The molecule has 1 N–H and O–H groups in total. The van der Waals surface area contributed by atoms with Gasteiger partial charge in [-0.2, -0.15) is 0 Å². The zero-order valence-corrected chi connectivity index (χ0v) is 9.37. The molecule has 0 saturated carbocycles. The number of hydrogen-bond acceptors (Lipinski definition) is 2. The molecule has 1 aromatic rings. The van der Waals surface area contributed by atoms with Crippen molar-refractivity contribution >= 4 is 0 Å². The van der Waals surface area contributed by atoms with Crippen LogP contribution in [-0.2, 0) is 13.0 Å². The first-order valence-corrected chi connectivity index (χ1v) is 6.09. The molecule has 3 rings (SSSR count). The Labute approximate surface area is 90.9 Å². The van der Waals surface area contributed by atoms with Gasteiger partial charge in [0.15, 0.2) is 0 Å². The summed E-state index contributed by atoms with van der Waals surface area (Å²) in [5.41, 5.74) is 1.46. The lowest BCUT2D eigenvalue weighted by molar-refractivity contribution is 0.333. The Balaban J connectivity index is 1.82. The molecule has 1 atom stereocenters. The van der Waals surface area contributed by atoms with Gasteiger partial charge in [-0.3, -0.25) is 0 Å². The maximum atomic E-state index is 4.61. The second-order valence-corrected chi connectivity index (χ2v) is 5.02. The number of nitrogens with zero attached hydrogens (tertiary/aromatic N) is 2. The van der Waals surface area contributed by atoms with Crippen LogP contribution in [0.3, 0.4) is 0 Å². The molecule has 3 nitrogen and oxygen atoms in total. The molecule has 1 saturated heterocycles. The number of imidazole rings is 1. The molecule has 0 radical (unpaired) electrons. The number of hydrogen-bond donors (Lipinski definition) is 1. The maximum absolute atomic E-state index is 4.61. The van der Waals surface area contributed by atoms with E-state index in [1.807, 2.05) is 0 Å². The van der Waals surface area contributed by atoms with Gasteiger partial charge < -0.3 is 9.88 Å². The first-order valence-electron chi connectivity index (χ1n) is 6.09. The summed E-state index contributed by atoms with van der Waals surface area (Å²) < 4.78 is 2.46. The molecule has 0 bridgehead atoms. The molecule has 2 aliphatic rings. The van der Waals surface area contributed by atoms with Crippen molar-refractivity contribution in [2.24, 2.45) is 5.92 Å². The molecule has 1 fully saturated rings. The van der Waals surface area contributed by atoms with E-state index < -0.39 is 0 Å². The van der Waals surface area contributed by atoms with Crippen molar-refractivity contribution in [2.45, 2.75) is 38.6 Å². The van der Waals surface area contributed by atoms with E-state index >= 15 is 0 Å². The van der Waals surface area contributed by atoms with E-state index in [-0.39, 0.29) is 0 Å². The van der Waals surface area contributed by atoms with Crippen LogP contribution in [-0.4, -0.2) is 22.6 Å². The summed E-state index contributed by atoms with van der Waals surface area (Å²) in [6, 6.07) is 0. The fourth-order valence-corrected chi connectivity index (χ4v) is 2.70. The van der Waals surface area contributed by atoms with Crippen molar-refractivity contribution in [1.29, 1.82) is 0 Å². The van der Waals surface area contributed by atoms with Crippen molar-refractivity contribution in [3.63, 3.8) is 0 Å². The first kappa shape index (κ1) is 9.40. The van der Waals surface area contributed by atoms with Crippen LogP contribution in [0.5, 0.6) is 0 Å². The predicted molar refractivity (Wildman–Crippen MR) is 59.9 cm³/mol. The van der Waals surface area contributed by atoms with Crippen molar-refractivity contribution < 1.29 is 0 Å². The van der Waals surface area contributed by atoms with Gasteiger partial charge in [-0.05, 0) is 37.8 Å². The normalized spacial score (nSPS) is 26.1. The Morgan fingerprint density at radius 3 is 3.13 bits per heavy atom. The second kappa shape index (κ2) is 3.63. The molecule has 0 aliphatic carbocycles. The summed E-state index contributed by atoms with van der Waals surface area (Å²) in [6.07, 6.45) is 5.92. The topological polar surface area (TPSA) is 29.9 Å². The fourth-order valence-electron chi connectivity index (χ4n) is 2.70. The molecule has 1 unspecified atom stereocenters. The third-order valence-electron chi connectivity index (χ3n) is 3.83. The van der Waals surface area contributed by atoms with Crippen molar-refractivity contribution in [3.8, 4) is 0 Å². The minimum Gasteiger partial charge on any atom is -0.332 e. The highest BCUT2D eigenvalue weighted by molar-refractivity contribution is 5.13. The average molecular weight is 205 g/mol. The summed E-state index contributed by atoms with van der Waals surface area (Å²) in [5, 5.41) is 3.33. The van der Waals surface area contributed by atoms with Crippen LogP contribution in [0.25, 0.3) is 0 Å². The quantitative estimate of drug-likeness (QED) is 0.793. The van der Waals surface area contributed by atoms with E-state index in [9.17, 15) is 0 Å². The van der Waals surface area contributed by atoms with E-state index in [1.54, 1.807) is 0 Å². The Bertz CT molecular complexity index is 352. The Morgan fingerprint density at radius 1 is 1.53 bits per heavy atom. The van der Waals surface area contributed by atoms with Crippen LogP contribution in [0.2, 0.25) is 0 Å². The van der Waals surface area contributed by atoms with Crippen molar-refractivity contribution in [2.75, 3.05) is 13.1 Å². The van der Waals surface area contributed by atoms with Crippen molar-refractivity contribution in [1.82, 2.24) is 14.9 Å². The average Bonchev–Trinajstić information content (AvgIpc) is 2.56. The molecule has 1 aromatic heterocycles. The largest absolute Gasteiger partial charge is 0.332 e. The summed E-state index contributed by atoms with van der Waals surface area (Å²) in [7, 11) is 0. The molecule has 0 aromatic carbocycles. The highest BCUT2D eigenvalue weighted by Gasteiger charge is 2.23. The number of fused-ring (bicyclic) bond motifs is 1. The highest BCUT2D eigenvalue weighted by Crippen LogP contribution is 2.28. The van der Waals surface area contributed by atoms with Gasteiger partial charge in [0.05, 0.1) is 0 Å². The molecule has 82 valence electrons. The SMILES string of the molecule is CC1CCCn2c1cnc2CC1CNC1. The van der Waals surface area contributed by atoms with Crippen molar-refractivity contribution in [3.05, 3.63) is 17.7 Å². The maximum Gasteiger partial charge on any atom is 0.109 e. The fraction of sp³-hybridized carbons (Fsp3) is 0.750. The lowest BCUT2D eigenvalue weighted by Crippen LogP contribution is -2.43. The summed E-state index contributed by atoms with van der Waals surface area (Å²) >= 11 is 0. The van der Waals surface area contributed by atoms with Gasteiger partial charge in [0.1, 0.15) is 5.82 Å². The minimum atomic E-state index is 0.708. The molecule has 0 amide bonds. The van der Waals surface area contributed by atoms with E-state index in [4.69, 9.17) is 0 Å². The molecule has 2 aliphatic heterocycles. The summed E-state index contributed by atoms with van der Waals surface area (Å²) in [4.78, 5) is 4.61. The number of rotatable bonds is 2. The predicted octanol–water partition coefficient (Wildman–Crippen LogP) is 1.54. The molecular formula is C12H19N3. The zero-order valence-electron chi connectivity index (χ0n) is 9.37. The molecule has 3 heteroatoms. The molecule has 3 heterocycles. The van der Waals surface area contributed by atoms with Crippen LogP contribution in [0, 0.1) is 5.92 Å². The van der Waals surface area contributed by atoms with Crippen LogP contribution >= 0.6 is 0 Å². The lowest BCUT2D eigenvalue weighted by Gasteiger charge is -2.28. The van der Waals surface area contributed by atoms with Gasteiger partial charge in [-0.25, -0.2) is 4.98 Å². The number of nitrogens with one attached hydrogen (secondary N) is 1. The van der Waals surface area contributed by atoms with E-state index in [1.165, 1.54) is 50.4 Å². The third-order valence-corrected chi connectivity index (χ3v) is 3.83. The van der Waals surface area contributed by atoms with E-state index in [2.05, 4.69) is 28.0 Å². The smallest absolute Gasteiger partial charge is 0.109 e. The third kappa shape index (κ3) is 1.59. The monoisotopic (exact) mass is 205 g/mol. The molecule has 0 spiro atoms. The summed E-state index contributed by atoms with van der Waals surface area (Å²) in [6.45, 7) is 5.87. The van der Waals surface area contributed by atoms with Gasteiger partial charge in [0.25, 0.3) is 0 Å². The first-order chi connectivity index (χ1) is 7.34. The Hall–Kier alpha value is -0.830. The van der Waals surface area contributed by atoms with E-state index in [0.29, 0.717) is 5.92 Å². The van der Waals surface area contributed by atoms with Crippen LogP contribution < -0.4 is 5.32 Å². The summed E-state index contributed by atoms with van der Waals surface area (Å²) in [5.74, 6) is 2.86. The van der Waals surface area contributed by atoms with Gasteiger partial charge in [-0.1, -0.05) is 6.92 Å². The van der Waals surface area contributed by atoms with Gasteiger partial charge >= 0.3 is 0 Å². The van der Waals surface area contributed by atoms with Gasteiger partial charge in [0.2, 0.25) is 0 Å². The second-order valence-electron chi connectivity index (χ2n) is 5.02. The highest BCUT2D eigenvalue weighted by atomic mass is 15.1. The molecular weight excluding hydrogens is 186 g/mol. The van der Waals surface area contributed by atoms with Crippen LogP contribution in [0.4, 0.5) is 0 Å². The Morgan fingerprint density at radius 2 is 2.40 bits per heavy atom. The molecule has 15 heavy (non-hydrogen) atoms. The number of aromatic nitrogens is 2. The van der Waals surface area contributed by atoms with Crippen LogP contribution in [0.1, 0.15) is 37.2 Å². The van der Waals surface area contributed by atoms with E-state index in [0.717, 1.165) is 5.92 Å². The minimum absolute atomic E-state index is 0.708. The van der Waals surface area contributed by atoms with Crippen LogP contribution in [0.15, 0.2) is 6.20 Å². The van der Waals surface area contributed by atoms with Gasteiger partial charge in [0, 0.05) is 24.9 Å². The standard InChI is InChI=1S/C12H19N3/c1-9-3-2-4-15-11(9)8-14-12(15)5-10-6-13-7-10/h8-10,13H,2-7H2,1H3. The van der Waals surface area contributed by atoms with Gasteiger partial charge in [-0.15, -0.1) is 0 Å². The zero-order chi connectivity index (χ0) is 10.3.